The van der Waals surface area contributed by atoms with E-state index in [0.717, 1.165) is 0 Å². The summed E-state index contributed by atoms with van der Waals surface area (Å²) in [6.07, 6.45) is -0.936. The number of nitrogens with two attached hydrogens (primary N) is 2. The van der Waals surface area contributed by atoms with Gasteiger partial charge in [-0.05, 0) is 12.8 Å². The summed E-state index contributed by atoms with van der Waals surface area (Å²) in [6, 6.07) is -0.902. The van der Waals surface area contributed by atoms with E-state index < -0.39 is 35.2 Å². The molecule has 114 valence electrons. The number of aliphatic carboxylic acids is 2. The summed E-state index contributed by atoms with van der Waals surface area (Å²) >= 11 is 0. The number of carboxylic acid groups (broad SMARTS) is 2. The Kier molecular flexibility index (Phi) is 6.10. The molecule has 9 heteroatoms. The van der Waals surface area contributed by atoms with Gasteiger partial charge in [0.05, 0.1) is 5.54 Å². The number of hydrogen-bond donors (Lipinski definition) is 6. The zero-order chi connectivity index (χ0) is 14.1. The van der Waals surface area contributed by atoms with E-state index in [0.29, 0.717) is 19.3 Å². The topological polar surface area (TPSA) is 167 Å². The summed E-state index contributed by atoms with van der Waals surface area (Å²) in [5.41, 5.74) is 6.67. The van der Waals surface area contributed by atoms with Gasteiger partial charge in [-0.15, -0.1) is 0 Å². The Bertz CT molecular complexity index is 368. The minimum absolute atomic E-state index is 0. The minimum Gasteiger partial charge on any atom is -0.479 e. The van der Waals surface area contributed by atoms with Crippen molar-refractivity contribution >= 4 is 11.9 Å². The van der Waals surface area contributed by atoms with Crippen molar-refractivity contribution in [3.63, 3.8) is 0 Å². The Morgan fingerprint density at radius 1 is 1.32 bits per heavy atom. The fraction of sp³-hybridized carbons (Fsp3) is 0.800. The Balaban J connectivity index is 0.00000324. The van der Waals surface area contributed by atoms with Crippen LogP contribution in [0.5, 0.6) is 0 Å². The van der Waals surface area contributed by atoms with E-state index in [1.807, 2.05) is 0 Å². The van der Waals surface area contributed by atoms with Gasteiger partial charge in [0.15, 0.2) is 6.10 Å². The zero-order valence-electron chi connectivity index (χ0n) is 10.1. The molecule has 0 aromatic carbocycles. The fourth-order valence-electron chi connectivity index (χ4n) is 2.45. The molecular weight excluding hydrogens is 439 g/mol. The third kappa shape index (κ3) is 2.82. The second kappa shape index (κ2) is 6.28. The first-order chi connectivity index (χ1) is 8.18. The average molecular weight is 457 g/mol. The van der Waals surface area contributed by atoms with Crippen molar-refractivity contribution in [3.05, 3.63) is 0 Å². The molecule has 4 atom stereocenters. The van der Waals surface area contributed by atoms with Gasteiger partial charge < -0.3 is 31.9 Å². The Morgan fingerprint density at radius 2 is 1.84 bits per heavy atom. The van der Waals surface area contributed by atoms with E-state index in [1.165, 1.54) is 0 Å². The first-order valence-corrected chi connectivity index (χ1v) is 5.59. The van der Waals surface area contributed by atoms with Crippen LogP contribution in [0, 0.1) is 0 Å². The summed E-state index contributed by atoms with van der Waals surface area (Å²) in [4.78, 5) is 22.0. The van der Waals surface area contributed by atoms with E-state index in [4.69, 9.17) is 21.7 Å². The molecule has 1 fully saturated rings. The Hall–Kier alpha value is -0.532. The molecular formula is C10H18N2O6Pt. The van der Waals surface area contributed by atoms with Gasteiger partial charge in [-0.2, -0.15) is 0 Å². The normalized spacial score (nSPS) is 31.7. The van der Waals surface area contributed by atoms with Crippen LogP contribution in [0.3, 0.4) is 0 Å². The van der Waals surface area contributed by atoms with Crippen LogP contribution in [0.1, 0.15) is 25.7 Å². The largest absolute Gasteiger partial charge is 0.479 e. The molecule has 8 N–H and O–H groups in total. The minimum atomic E-state index is -3.02. The molecule has 0 radical (unpaired) electrons. The number of carboxylic acids is 2. The van der Waals surface area contributed by atoms with E-state index >= 15 is 0 Å². The van der Waals surface area contributed by atoms with Crippen molar-refractivity contribution in [2.75, 3.05) is 0 Å². The predicted molar refractivity (Wildman–Crippen MR) is 59.6 cm³/mol. The zero-order valence-corrected chi connectivity index (χ0v) is 12.3. The molecule has 1 aliphatic rings. The van der Waals surface area contributed by atoms with Crippen molar-refractivity contribution in [1.29, 1.82) is 0 Å². The molecule has 0 aliphatic heterocycles. The van der Waals surface area contributed by atoms with Crippen LogP contribution in [0.2, 0.25) is 0 Å². The molecule has 0 aromatic rings. The fourth-order valence-corrected chi connectivity index (χ4v) is 2.45. The summed E-state index contributed by atoms with van der Waals surface area (Å²) in [5, 5.41) is 37.4. The van der Waals surface area contributed by atoms with Crippen LogP contribution in [-0.2, 0) is 30.7 Å². The summed E-state index contributed by atoms with van der Waals surface area (Å²) in [6.45, 7) is 0. The quantitative estimate of drug-likeness (QED) is 0.278. The molecule has 0 spiro atoms. The maximum absolute atomic E-state index is 11.2. The van der Waals surface area contributed by atoms with Gasteiger partial charge in [-0.3, -0.25) is 0 Å². The van der Waals surface area contributed by atoms with E-state index in [-0.39, 0.29) is 27.5 Å². The third-order valence-corrected chi connectivity index (χ3v) is 3.68. The molecule has 4 unspecified atom stereocenters. The monoisotopic (exact) mass is 457 g/mol. The average Bonchev–Trinajstić information content (AvgIpc) is 2.30. The van der Waals surface area contributed by atoms with Crippen LogP contribution < -0.4 is 11.5 Å². The van der Waals surface area contributed by atoms with E-state index in [2.05, 4.69) is 0 Å². The summed E-state index contributed by atoms with van der Waals surface area (Å²) < 4.78 is 0. The first kappa shape index (κ1) is 18.5. The molecule has 0 heterocycles. The number of rotatable bonds is 4. The summed E-state index contributed by atoms with van der Waals surface area (Å²) in [7, 11) is 0. The SMILES string of the molecule is NC1CCCCC1(N)C(O)(C(=O)O)C(O)C(=O)O.[Pt]. The maximum atomic E-state index is 11.2. The van der Waals surface area contributed by atoms with Crippen LogP contribution >= 0.6 is 0 Å². The molecule has 19 heavy (non-hydrogen) atoms. The number of carbonyl (C=O) groups is 2. The van der Waals surface area contributed by atoms with E-state index in [9.17, 15) is 19.8 Å². The van der Waals surface area contributed by atoms with Gasteiger partial charge in [0.1, 0.15) is 0 Å². The standard InChI is InChI=1S/C10H18N2O6.Pt/c11-5-3-1-2-4-9(5,12)10(18,8(16)17)6(13)7(14)15;/h5-6,13,18H,1-4,11-12H2,(H,14,15)(H,16,17);. The van der Waals surface area contributed by atoms with Crippen LogP contribution in [0.4, 0.5) is 0 Å². The van der Waals surface area contributed by atoms with Crippen LogP contribution in [0.25, 0.3) is 0 Å². The van der Waals surface area contributed by atoms with Gasteiger partial charge in [0.25, 0.3) is 0 Å². The number of aliphatic hydroxyl groups is 2. The molecule has 8 nitrogen and oxygen atoms in total. The molecule has 0 saturated heterocycles. The molecule has 0 amide bonds. The van der Waals surface area contributed by atoms with Crippen LogP contribution in [-0.4, -0.2) is 55.7 Å². The molecule has 0 aromatic heterocycles. The van der Waals surface area contributed by atoms with Gasteiger partial charge in [0, 0.05) is 27.1 Å². The first-order valence-electron chi connectivity index (χ1n) is 5.59. The van der Waals surface area contributed by atoms with Crippen molar-refractivity contribution in [2.45, 2.75) is 49.0 Å². The summed E-state index contributed by atoms with van der Waals surface area (Å²) in [5.74, 6) is -3.75. The molecule has 1 saturated carbocycles. The van der Waals surface area contributed by atoms with Crippen molar-refractivity contribution in [2.24, 2.45) is 11.5 Å². The van der Waals surface area contributed by atoms with E-state index in [1.54, 1.807) is 0 Å². The molecule has 0 bridgehead atoms. The second-order valence-electron chi connectivity index (χ2n) is 4.70. The van der Waals surface area contributed by atoms with Gasteiger partial charge >= 0.3 is 11.9 Å². The molecule has 1 rings (SSSR count). The predicted octanol–water partition coefficient (Wildman–Crippen LogP) is -2.16. The Labute approximate surface area is 124 Å². The molecule has 1 aliphatic carbocycles. The maximum Gasteiger partial charge on any atom is 0.341 e. The van der Waals surface area contributed by atoms with Gasteiger partial charge in [-0.1, -0.05) is 12.8 Å². The smallest absolute Gasteiger partial charge is 0.341 e. The Morgan fingerprint density at radius 3 is 2.21 bits per heavy atom. The van der Waals surface area contributed by atoms with Gasteiger partial charge in [0.2, 0.25) is 5.60 Å². The number of aliphatic hydroxyl groups excluding tert-OH is 1. The van der Waals surface area contributed by atoms with Crippen LogP contribution in [0.15, 0.2) is 0 Å². The third-order valence-electron chi connectivity index (χ3n) is 3.68. The van der Waals surface area contributed by atoms with Crippen molar-refractivity contribution in [1.82, 2.24) is 0 Å². The van der Waals surface area contributed by atoms with Gasteiger partial charge in [-0.25, -0.2) is 9.59 Å². The second-order valence-corrected chi connectivity index (χ2v) is 4.70. The van der Waals surface area contributed by atoms with Crippen molar-refractivity contribution in [3.8, 4) is 0 Å². The van der Waals surface area contributed by atoms with Crippen molar-refractivity contribution < 1.29 is 51.1 Å². The number of hydrogen-bond acceptors (Lipinski definition) is 6.